The molecule has 1 aromatic carbocycles. The summed E-state index contributed by atoms with van der Waals surface area (Å²) in [7, 11) is 0. The zero-order valence-corrected chi connectivity index (χ0v) is 21.2. The number of nitrogens with zero attached hydrogens (tertiary/aromatic N) is 2. The molecule has 1 atom stereocenters. The molecule has 1 unspecified atom stereocenters. The van der Waals surface area contributed by atoms with Crippen molar-refractivity contribution in [1.82, 2.24) is 15.5 Å². The molecule has 0 aromatic heterocycles. The molecular formula is C23H38IN5O2. The predicted molar refractivity (Wildman–Crippen MR) is 137 cm³/mol. The average molecular weight is 543 g/mol. The van der Waals surface area contributed by atoms with E-state index < -0.39 is 0 Å². The highest BCUT2D eigenvalue weighted by Gasteiger charge is 2.22. The minimum atomic E-state index is 0. The van der Waals surface area contributed by atoms with Crippen LogP contribution in [0, 0.1) is 5.92 Å². The fourth-order valence-electron chi connectivity index (χ4n) is 4.08. The second kappa shape index (κ2) is 13.9. The number of aliphatic imine (C=N–C) groups is 1. The minimum absolute atomic E-state index is 0. The number of rotatable bonds is 8. The minimum Gasteiger partial charge on any atom is -0.379 e. The van der Waals surface area contributed by atoms with Crippen LogP contribution >= 0.6 is 24.0 Å². The van der Waals surface area contributed by atoms with Crippen LogP contribution in [0.1, 0.15) is 45.1 Å². The van der Waals surface area contributed by atoms with Crippen molar-refractivity contribution in [2.45, 2.75) is 52.1 Å². The van der Waals surface area contributed by atoms with E-state index in [4.69, 9.17) is 9.73 Å². The monoisotopic (exact) mass is 543 g/mol. The molecule has 1 heterocycles. The number of carbonyl (C=O) groups excluding carboxylic acids is 1. The summed E-state index contributed by atoms with van der Waals surface area (Å²) in [5.74, 6) is 1.14. The Labute approximate surface area is 203 Å². The SMILES string of the molecule is CCNC(=NCc1cccc(NC(=O)C2CCCC2)c1)NCC(C)N1CCOCC1.I. The van der Waals surface area contributed by atoms with Gasteiger partial charge in [-0.15, -0.1) is 24.0 Å². The van der Waals surface area contributed by atoms with Crippen molar-refractivity contribution in [3.63, 3.8) is 0 Å². The van der Waals surface area contributed by atoms with E-state index in [9.17, 15) is 4.79 Å². The number of morpholine rings is 1. The van der Waals surface area contributed by atoms with Crippen molar-refractivity contribution in [3.8, 4) is 0 Å². The van der Waals surface area contributed by atoms with Crippen molar-refractivity contribution in [1.29, 1.82) is 0 Å². The molecule has 2 aliphatic rings. The van der Waals surface area contributed by atoms with E-state index in [1.165, 1.54) is 0 Å². The van der Waals surface area contributed by atoms with Gasteiger partial charge in [0.1, 0.15) is 0 Å². The maximum absolute atomic E-state index is 12.4. The summed E-state index contributed by atoms with van der Waals surface area (Å²) in [6, 6.07) is 8.43. The molecule has 3 N–H and O–H groups in total. The highest BCUT2D eigenvalue weighted by atomic mass is 127. The molecule has 2 fully saturated rings. The standard InChI is InChI=1S/C23H37N5O2.HI/c1-3-24-23(25-16-18(2)28-11-13-30-14-12-28)26-17-19-7-6-10-21(15-19)27-22(29)20-8-4-5-9-20;/h6-7,10,15,18,20H,3-5,8-9,11-14,16-17H2,1-2H3,(H,27,29)(H2,24,25,26);1H. The molecular weight excluding hydrogens is 505 g/mol. The first kappa shape index (κ1) is 25.9. The lowest BCUT2D eigenvalue weighted by Crippen LogP contribution is -2.49. The average Bonchev–Trinajstić information content (AvgIpc) is 3.31. The van der Waals surface area contributed by atoms with Crippen molar-refractivity contribution >= 4 is 41.5 Å². The number of ether oxygens (including phenoxy) is 1. The third kappa shape index (κ3) is 8.57. The molecule has 0 radical (unpaired) electrons. The summed E-state index contributed by atoms with van der Waals surface area (Å²) < 4.78 is 5.44. The number of hydrogen-bond acceptors (Lipinski definition) is 4. The van der Waals surface area contributed by atoms with Gasteiger partial charge in [0.2, 0.25) is 5.91 Å². The van der Waals surface area contributed by atoms with E-state index in [2.05, 4.69) is 40.8 Å². The zero-order chi connectivity index (χ0) is 21.2. The Morgan fingerprint density at radius 3 is 2.68 bits per heavy atom. The first-order valence-electron chi connectivity index (χ1n) is 11.4. The molecule has 1 aliphatic carbocycles. The highest BCUT2D eigenvalue weighted by Crippen LogP contribution is 2.26. The fraction of sp³-hybridized carbons (Fsp3) is 0.652. The number of amides is 1. The van der Waals surface area contributed by atoms with Crippen LogP contribution in [0.15, 0.2) is 29.3 Å². The number of carbonyl (C=O) groups is 1. The van der Waals surface area contributed by atoms with Crippen LogP contribution in [0.3, 0.4) is 0 Å². The molecule has 0 bridgehead atoms. The van der Waals surface area contributed by atoms with Gasteiger partial charge in [-0.2, -0.15) is 0 Å². The zero-order valence-electron chi connectivity index (χ0n) is 18.9. The second-order valence-corrected chi connectivity index (χ2v) is 8.24. The lowest BCUT2D eigenvalue weighted by molar-refractivity contribution is -0.119. The van der Waals surface area contributed by atoms with Gasteiger partial charge in [-0.3, -0.25) is 9.69 Å². The molecule has 1 saturated heterocycles. The predicted octanol–water partition coefficient (Wildman–Crippen LogP) is 3.21. The summed E-state index contributed by atoms with van der Waals surface area (Å²) >= 11 is 0. The van der Waals surface area contributed by atoms with E-state index >= 15 is 0 Å². The molecule has 31 heavy (non-hydrogen) atoms. The third-order valence-corrected chi connectivity index (χ3v) is 5.92. The number of anilines is 1. The Kier molecular flexibility index (Phi) is 11.6. The van der Waals surface area contributed by atoms with Crippen LogP contribution in [0.4, 0.5) is 5.69 Å². The topological polar surface area (TPSA) is 78.0 Å². The number of nitrogens with one attached hydrogen (secondary N) is 3. The molecule has 8 heteroatoms. The van der Waals surface area contributed by atoms with E-state index in [1.807, 2.05) is 18.2 Å². The Morgan fingerprint density at radius 2 is 1.97 bits per heavy atom. The van der Waals surface area contributed by atoms with E-state index in [-0.39, 0.29) is 35.8 Å². The molecule has 1 saturated carbocycles. The molecule has 7 nitrogen and oxygen atoms in total. The normalized spacial score (nSPS) is 18.8. The van der Waals surface area contributed by atoms with Gasteiger partial charge in [0.25, 0.3) is 0 Å². The maximum Gasteiger partial charge on any atom is 0.227 e. The molecule has 0 spiro atoms. The number of hydrogen-bond donors (Lipinski definition) is 3. The Hall–Kier alpha value is -1.39. The van der Waals surface area contributed by atoms with Gasteiger partial charge in [0.15, 0.2) is 5.96 Å². The Bertz CT molecular complexity index is 703. The summed E-state index contributed by atoms with van der Waals surface area (Å²) in [6.45, 7) is 10.1. The van der Waals surface area contributed by atoms with Crippen LogP contribution < -0.4 is 16.0 Å². The first-order chi connectivity index (χ1) is 14.7. The Balaban J connectivity index is 0.00000341. The van der Waals surface area contributed by atoms with Crippen LogP contribution in [0.2, 0.25) is 0 Å². The lowest BCUT2D eigenvalue weighted by atomic mass is 10.1. The van der Waals surface area contributed by atoms with Crippen LogP contribution in [0.5, 0.6) is 0 Å². The van der Waals surface area contributed by atoms with Crippen molar-refractivity contribution in [3.05, 3.63) is 29.8 Å². The van der Waals surface area contributed by atoms with Crippen LogP contribution in [0.25, 0.3) is 0 Å². The Morgan fingerprint density at radius 1 is 1.23 bits per heavy atom. The number of benzene rings is 1. The van der Waals surface area contributed by atoms with Gasteiger partial charge in [0, 0.05) is 43.8 Å². The van der Waals surface area contributed by atoms with E-state index in [0.29, 0.717) is 12.6 Å². The van der Waals surface area contributed by atoms with Crippen molar-refractivity contribution < 1.29 is 9.53 Å². The lowest BCUT2D eigenvalue weighted by Gasteiger charge is -2.32. The van der Waals surface area contributed by atoms with Gasteiger partial charge >= 0.3 is 0 Å². The highest BCUT2D eigenvalue weighted by molar-refractivity contribution is 14.0. The summed E-state index contributed by atoms with van der Waals surface area (Å²) in [5, 5.41) is 9.86. The first-order valence-corrected chi connectivity index (χ1v) is 11.4. The van der Waals surface area contributed by atoms with Gasteiger partial charge < -0.3 is 20.7 Å². The number of guanidine groups is 1. The summed E-state index contributed by atoms with van der Waals surface area (Å²) in [4.78, 5) is 19.6. The molecule has 3 rings (SSSR count). The van der Waals surface area contributed by atoms with Crippen molar-refractivity contribution in [2.75, 3.05) is 44.7 Å². The molecule has 1 aromatic rings. The van der Waals surface area contributed by atoms with Gasteiger partial charge in [-0.05, 0) is 44.4 Å². The van der Waals surface area contributed by atoms with Gasteiger partial charge in [0.05, 0.1) is 19.8 Å². The van der Waals surface area contributed by atoms with Gasteiger partial charge in [-0.25, -0.2) is 4.99 Å². The molecule has 1 amide bonds. The van der Waals surface area contributed by atoms with Crippen LogP contribution in [-0.2, 0) is 16.1 Å². The largest absolute Gasteiger partial charge is 0.379 e. The fourth-order valence-corrected chi connectivity index (χ4v) is 4.08. The summed E-state index contributed by atoms with van der Waals surface area (Å²) in [6.07, 6.45) is 4.35. The van der Waals surface area contributed by atoms with E-state index in [0.717, 1.165) is 82.3 Å². The summed E-state index contributed by atoms with van der Waals surface area (Å²) in [5.41, 5.74) is 1.94. The molecule has 174 valence electrons. The quantitative estimate of drug-likeness (QED) is 0.267. The molecule has 1 aliphatic heterocycles. The third-order valence-electron chi connectivity index (χ3n) is 5.92. The second-order valence-electron chi connectivity index (χ2n) is 8.24. The smallest absolute Gasteiger partial charge is 0.227 e. The van der Waals surface area contributed by atoms with E-state index in [1.54, 1.807) is 0 Å². The van der Waals surface area contributed by atoms with Gasteiger partial charge in [-0.1, -0.05) is 25.0 Å². The number of halogens is 1. The maximum atomic E-state index is 12.4. The van der Waals surface area contributed by atoms with Crippen LogP contribution in [-0.4, -0.2) is 62.2 Å². The van der Waals surface area contributed by atoms with Crippen molar-refractivity contribution in [2.24, 2.45) is 10.9 Å².